The Hall–Kier alpha value is -2.31. The van der Waals surface area contributed by atoms with Crippen molar-refractivity contribution in [2.75, 3.05) is 13.2 Å². The molecule has 0 fully saturated rings. The number of carbonyl (C=O) groups excluding carboxylic acids is 1. The Morgan fingerprint density at radius 3 is 2.53 bits per heavy atom. The van der Waals surface area contributed by atoms with Gasteiger partial charge in [-0.2, -0.15) is 0 Å². The standard InChI is InChI=1S/C24H38N4O2/c1-3-5-6-7-8-9-10-11-12-13-14-15-17-24(29)25-21-23-22-28(27-26-23)18-16-20-30-19-4-2/h22H,3-9,14-21H2,1-2H3,(H,25,29). The molecule has 1 heterocycles. The number of aryl methyl sites for hydroxylation is 1. The third-order valence-electron chi connectivity index (χ3n) is 4.43. The van der Waals surface area contributed by atoms with Crippen LogP contribution in [0.3, 0.4) is 0 Å². The zero-order valence-corrected chi connectivity index (χ0v) is 18.8. The van der Waals surface area contributed by atoms with Gasteiger partial charge >= 0.3 is 0 Å². The minimum absolute atomic E-state index is 0.0116. The van der Waals surface area contributed by atoms with Gasteiger partial charge in [0.15, 0.2) is 0 Å². The number of unbranched alkanes of at least 4 members (excludes halogenated alkanes) is 6. The second kappa shape index (κ2) is 18.7. The number of carbonyl (C=O) groups is 1. The summed E-state index contributed by atoms with van der Waals surface area (Å²) < 4.78 is 7.24. The van der Waals surface area contributed by atoms with Gasteiger partial charge in [-0.3, -0.25) is 9.48 Å². The Labute approximate surface area is 182 Å². The van der Waals surface area contributed by atoms with E-state index in [2.05, 4.69) is 53.2 Å². The van der Waals surface area contributed by atoms with Gasteiger partial charge in [0.1, 0.15) is 5.69 Å². The molecule has 1 rings (SSSR count). The smallest absolute Gasteiger partial charge is 0.220 e. The first-order valence-electron chi connectivity index (χ1n) is 11.5. The van der Waals surface area contributed by atoms with Gasteiger partial charge in [-0.1, -0.05) is 56.6 Å². The summed E-state index contributed by atoms with van der Waals surface area (Å²) in [5.41, 5.74) is 0.766. The lowest BCUT2D eigenvalue weighted by molar-refractivity contribution is -0.121. The molecule has 0 aliphatic rings. The van der Waals surface area contributed by atoms with E-state index >= 15 is 0 Å². The third-order valence-corrected chi connectivity index (χ3v) is 4.43. The Kier molecular flexibility index (Phi) is 16.0. The normalized spacial score (nSPS) is 10.1. The maximum Gasteiger partial charge on any atom is 0.220 e. The van der Waals surface area contributed by atoms with Crippen LogP contribution in [0.2, 0.25) is 0 Å². The number of hydrogen-bond donors (Lipinski definition) is 1. The average Bonchev–Trinajstić information content (AvgIpc) is 3.20. The summed E-state index contributed by atoms with van der Waals surface area (Å²) in [6.45, 7) is 7.02. The summed E-state index contributed by atoms with van der Waals surface area (Å²) >= 11 is 0. The number of nitrogens with zero attached hydrogens (tertiary/aromatic N) is 3. The van der Waals surface area contributed by atoms with Crippen molar-refractivity contribution >= 4 is 5.91 Å². The SMILES string of the molecule is CCCCCCCC#CC#CCCCC(=O)NCc1cn(CCCOCCC)nn1. The highest BCUT2D eigenvalue weighted by atomic mass is 16.5. The molecule has 0 saturated heterocycles. The molecule has 1 amide bonds. The zero-order chi connectivity index (χ0) is 21.7. The van der Waals surface area contributed by atoms with Gasteiger partial charge in [-0.05, 0) is 37.5 Å². The molecular weight excluding hydrogens is 376 g/mol. The Bertz CT molecular complexity index is 691. The van der Waals surface area contributed by atoms with Gasteiger partial charge in [0.05, 0.1) is 12.7 Å². The number of ether oxygens (including phenoxy) is 1. The van der Waals surface area contributed by atoms with Gasteiger partial charge in [0.2, 0.25) is 5.91 Å². The fourth-order valence-electron chi connectivity index (χ4n) is 2.75. The second-order valence-electron chi connectivity index (χ2n) is 7.34. The molecule has 30 heavy (non-hydrogen) atoms. The predicted octanol–water partition coefficient (Wildman–Crippen LogP) is 4.25. The number of amides is 1. The summed E-state index contributed by atoms with van der Waals surface area (Å²) in [5, 5.41) is 11.0. The molecule has 6 nitrogen and oxygen atoms in total. The molecule has 0 aromatic carbocycles. The van der Waals surface area contributed by atoms with E-state index in [1.807, 2.05) is 6.20 Å². The average molecular weight is 415 g/mol. The predicted molar refractivity (Wildman–Crippen MR) is 120 cm³/mol. The van der Waals surface area contributed by atoms with Crippen LogP contribution in [0.1, 0.15) is 90.2 Å². The van der Waals surface area contributed by atoms with Crippen LogP contribution in [0.5, 0.6) is 0 Å². The molecule has 0 atom stereocenters. The van der Waals surface area contributed by atoms with Crippen LogP contribution < -0.4 is 5.32 Å². The first-order valence-corrected chi connectivity index (χ1v) is 11.5. The van der Waals surface area contributed by atoms with Crippen LogP contribution >= 0.6 is 0 Å². The zero-order valence-electron chi connectivity index (χ0n) is 18.8. The maximum absolute atomic E-state index is 11.9. The highest BCUT2D eigenvalue weighted by Crippen LogP contribution is 2.03. The summed E-state index contributed by atoms with van der Waals surface area (Å²) in [6.07, 6.45) is 12.9. The largest absolute Gasteiger partial charge is 0.381 e. The summed E-state index contributed by atoms with van der Waals surface area (Å²) in [7, 11) is 0. The Morgan fingerprint density at radius 2 is 1.77 bits per heavy atom. The second-order valence-corrected chi connectivity index (χ2v) is 7.34. The van der Waals surface area contributed by atoms with Crippen molar-refractivity contribution in [1.82, 2.24) is 20.3 Å². The van der Waals surface area contributed by atoms with Crippen LogP contribution in [0, 0.1) is 23.7 Å². The Morgan fingerprint density at radius 1 is 1.00 bits per heavy atom. The van der Waals surface area contributed by atoms with Crippen LogP contribution in [-0.2, 0) is 22.6 Å². The molecule has 0 unspecified atom stereocenters. The van der Waals surface area contributed by atoms with E-state index in [1.165, 1.54) is 25.7 Å². The van der Waals surface area contributed by atoms with E-state index in [9.17, 15) is 4.79 Å². The molecule has 1 aromatic rings. The first-order chi connectivity index (χ1) is 14.8. The van der Waals surface area contributed by atoms with Crippen molar-refractivity contribution in [3.63, 3.8) is 0 Å². The molecule has 1 aromatic heterocycles. The van der Waals surface area contributed by atoms with Crippen molar-refractivity contribution in [3.05, 3.63) is 11.9 Å². The fourth-order valence-corrected chi connectivity index (χ4v) is 2.75. The van der Waals surface area contributed by atoms with E-state index in [0.717, 1.165) is 57.6 Å². The van der Waals surface area contributed by atoms with Gasteiger partial charge in [0.25, 0.3) is 0 Å². The maximum atomic E-state index is 11.9. The lowest BCUT2D eigenvalue weighted by Gasteiger charge is -2.02. The van der Waals surface area contributed by atoms with Crippen LogP contribution in [0.4, 0.5) is 0 Å². The molecule has 6 heteroatoms. The minimum Gasteiger partial charge on any atom is -0.381 e. The van der Waals surface area contributed by atoms with E-state index < -0.39 is 0 Å². The van der Waals surface area contributed by atoms with Crippen molar-refractivity contribution in [2.24, 2.45) is 0 Å². The van der Waals surface area contributed by atoms with Crippen LogP contribution in [0.15, 0.2) is 6.20 Å². The molecule has 0 aliphatic heterocycles. The molecule has 0 radical (unpaired) electrons. The van der Waals surface area contributed by atoms with Crippen LogP contribution in [0.25, 0.3) is 0 Å². The molecule has 0 aliphatic carbocycles. The lowest BCUT2D eigenvalue weighted by Crippen LogP contribution is -2.22. The molecule has 1 N–H and O–H groups in total. The topological polar surface area (TPSA) is 69.0 Å². The van der Waals surface area contributed by atoms with Crippen molar-refractivity contribution < 1.29 is 9.53 Å². The number of hydrogen-bond acceptors (Lipinski definition) is 4. The molecule has 166 valence electrons. The number of nitrogens with one attached hydrogen (secondary N) is 1. The van der Waals surface area contributed by atoms with Gasteiger partial charge < -0.3 is 10.1 Å². The van der Waals surface area contributed by atoms with Gasteiger partial charge in [-0.25, -0.2) is 0 Å². The fraction of sp³-hybridized carbons (Fsp3) is 0.708. The summed E-state index contributed by atoms with van der Waals surface area (Å²) in [5.74, 6) is 11.9. The Balaban J connectivity index is 2.05. The number of aromatic nitrogens is 3. The monoisotopic (exact) mass is 414 g/mol. The van der Waals surface area contributed by atoms with Crippen molar-refractivity contribution in [2.45, 2.75) is 97.6 Å². The van der Waals surface area contributed by atoms with Crippen molar-refractivity contribution in [1.29, 1.82) is 0 Å². The summed E-state index contributed by atoms with van der Waals surface area (Å²) in [6, 6.07) is 0. The first kappa shape index (κ1) is 25.7. The molecule has 0 saturated carbocycles. The summed E-state index contributed by atoms with van der Waals surface area (Å²) in [4.78, 5) is 11.9. The van der Waals surface area contributed by atoms with E-state index in [-0.39, 0.29) is 5.91 Å². The molecule has 0 bridgehead atoms. The number of rotatable bonds is 16. The van der Waals surface area contributed by atoms with Gasteiger partial charge in [-0.15, -0.1) is 5.10 Å². The van der Waals surface area contributed by atoms with Gasteiger partial charge in [0, 0.05) is 39.0 Å². The van der Waals surface area contributed by atoms with E-state index in [1.54, 1.807) is 4.68 Å². The highest BCUT2D eigenvalue weighted by molar-refractivity contribution is 5.75. The van der Waals surface area contributed by atoms with E-state index in [0.29, 0.717) is 19.4 Å². The quantitative estimate of drug-likeness (QED) is 0.324. The van der Waals surface area contributed by atoms with Crippen LogP contribution in [-0.4, -0.2) is 34.1 Å². The molecule has 0 spiro atoms. The lowest BCUT2D eigenvalue weighted by atomic mass is 10.1. The third kappa shape index (κ3) is 14.7. The minimum atomic E-state index is 0.0116. The van der Waals surface area contributed by atoms with Crippen molar-refractivity contribution in [3.8, 4) is 23.7 Å². The highest BCUT2D eigenvalue weighted by Gasteiger charge is 2.04. The molecular formula is C24H38N4O2. The van der Waals surface area contributed by atoms with E-state index in [4.69, 9.17) is 4.74 Å².